The number of rotatable bonds is 5. The van der Waals surface area contributed by atoms with Crippen molar-refractivity contribution in [3.63, 3.8) is 0 Å². The highest BCUT2D eigenvalue weighted by molar-refractivity contribution is 6.09. The van der Waals surface area contributed by atoms with Crippen LogP contribution in [0.2, 0.25) is 0 Å². The van der Waals surface area contributed by atoms with Crippen LogP contribution in [0.15, 0.2) is 54.7 Å². The molecule has 142 valence electrons. The Balaban J connectivity index is 1.93. The smallest absolute Gasteiger partial charge is 0.269 e. The molecule has 2 aromatic carbocycles. The summed E-state index contributed by atoms with van der Waals surface area (Å²) in [6, 6.07) is 12.2. The lowest BCUT2D eigenvalue weighted by molar-refractivity contribution is -0.384. The van der Waals surface area contributed by atoms with Crippen LogP contribution in [-0.2, 0) is 7.05 Å². The molecule has 0 aliphatic rings. The van der Waals surface area contributed by atoms with Gasteiger partial charge in [-0.15, -0.1) is 0 Å². The number of carbonyl (C=O) groups excluding carboxylic acids is 2. The average Bonchev–Trinajstić information content (AvgIpc) is 3.08. The molecule has 0 radical (unpaired) electrons. The highest BCUT2D eigenvalue weighted by Gasteiger charge is 2.22. The second kappa shape index (κ2) is 7.31. The summed E-state index contributed by atoms with van der Waals surface area (Å²) in [6.07, 6.45) is 1.59. The first-order valence-electron chi connectivity index (χ1n) is 8.24. The van der Waals surface area contributed by atoms with Gasteiger partial charge >= 0.3 is 0 Å². The van der Waals surface area contributed by atoms with Crippen molar-refractivity contribution in [3.05, 3.63) is 76.0 Å². The average molecular weight is 379 g/mol. The predicted molar refractivity (Wildman–Crippen MR) is 103 cm³/mol. The van der Waals surface area contributed by atoms with Gasteiger partial charge < -0.3 is 10.6 Å². The van der Waals surface area contributed by atoms with Crippen LogP contribution in [0, 0.1) is 10.1 Å². The number of hydrogen-bond acceptors (Lipinski definition) is 5. The first-order chi connectivity index (χ1) is 13.3. The number of nitrogens with zero attached hydrogens (tertiary/aromatic N) is 4. The summed E-state index contributed by atoms with van der Waals surface area (Å²) in [5, 5.41) is 15.2. The van der Waals surface area contributed by atoms with Gasteiger partial charge in [0.15, 0.2) is 0 Å². The number of primary amides is 1. The number of amides is 2. The van der Waals surface area contributed by atoms with Gasteiger partial charge in [-0.2, -0.15) is 5.10 Å². The van der Waals surface area contributed by atoms with E-state index in [4.69, 9.17) is 5.73 Å². The van der Waals surface area contributed by atoms with E-state index >= 15 is 0 Å². The zero-order chi connectivity index (χ0) is 20.4. The van der Waals surface area contributed by atoms with Gasteiger partial charge in [0.05, 0.1) is 10.5 Å². The lowest BCUT2D eigenvalue weighted by Crippen LogP contribution is -2.26. The van der Waals surface area contributed by atoms with Gasteiger partial charge in [-0.25, -0.2) is 0 Å². The second-order valence-electron chi connectivity index (χ2n) is 6.14. The van der Waals surface area contributed by atoms with Crippen molar-refractivity contribution in [2.24, 2.45) is 12.8 Å². The van der Waals surface area contributed by atoms with Crippen molar-refractivity contribution in [1.82, 2.24) is 9.78 Å². The molecule has 2 N–H and O–H groups in total. The lowest BCUT2D eigenvalue weighted by atomic mass is 10.1. The Morgan fingerprint density at radius 3 is 2.25 bits per heavy atom. The Kier molecular flexibility index (Phi) is 4.90. The Morgan fingerprint density at radius 2 is 1.71 bits per heavy atom. The van der Waals surface area contributed by atoms with Gasteiger partial charge in [-0.3, -0.25) is 24.4 Å². The van der Waals surface area contributed by atoms with E-state index in [1.165, 1.54) is 21.7 Å². The fourth-order valence-electron chi connectivity index (χ4n) is 2.75. The minimum atomic E-state index is -0.548. The molecule has 28 heavy (non-hydrogen) atoms. The Morgan fingerprint density at radius 1 is 1.11 bits per heavy atom. The Bertz CT molecular complexity index is 1050. The molecule has 1 aromatic heterocycles. The highest BCUT2D eigenvalue weighted by atomic mass is 16.6. The van der Waals surface area contributed by atoms with E-state index in [-0.39, 0.29) is 11.6 Å². The normalized spacial score (nSPS) is 10.5. The van der Waals surface area contributed by atoms with Gasteiger partial charge in [0.25, 0.3) is 11.6 Å². The van der Waals surface area contributed by atoms with E-state index in [1.807, 2.05) is 0 Å². The maximum Gasteiger partial charge on any atom is 0.269 e. The topological polar surface area (TPSA) is 124 Å². The van der Waals surface area contributed by atoms with Crippen LogP contribution in [-0.4, -0.2) is 33.6 Å². The second-order valence-corrected chi connectivity index (χ2v) is 6.14. The summed E-state index contributed by atoms with van der Waals surface area (Å²) in [6.45, 7) is 0. The third-order valence-corrected chi connectivity index (χ3v) is 4.25. The number of nitrogens with two attached hydrogens (primary N) is 1. The number of aromatic nitrogens is 2. The van der Waals surface area contributed by atoms with E-state index in [1.54, 1.807) is 56.7 Å². The van der Waals surface area contributed by atoms with Crippen molar-refractivity contribution in [3.8, 4) is 11.3 Å². The van der Waals surface area contributed by atoms with Crippen molar-refractivity contribution in [1.29, 1.82) is 0 Å². The van der Waals surface area contributed by atoms with E-state index in [0.717, 1.165) is 0 Å². The van der Waals surface area contributed by atoms with E-state index in [0.29, 0.717) is 28.1 Å². The minimum absolute atomic E-state index is 0.0424. The van der Waals surface area contributed by atoms with Gasteiger partial charge in [-0.1, -0.05) is 0 Å². The number of anilines is 1. The fourth-order valence-corrected chi connectivity index (χ4v) is 2.75. The van der Waals surface area contributed by atoms with Crippen LogP contribution in [0.4, 0.5) is 11.4 Å². The zero-order valence-corrected chi connectivity index (χ0v) is 15.2. The fraction of sp³-hybridized carbons (Fsp3) is 0.105. The standard InChI is InChI=1S/C19H17N5O4/c1-22-11-16(17(21-22)12-3-9-15(10-4-12)24(27)28)19(26)23(2)14-7-5-13(6-8-14)18(20)25/h3-11H,1-2H3,(H2,20,25). The summed E-state index contributed by atoms with van der Waals surface area (Å²) < 4.78 is 1.51. The minimum Gasteiger partial charge on any atom is -0.366 e. The van der Waals surface area contributed by atoms with Crippen LogP contribution in [0.3, 0.4) is 0 Å². The Labute approximate surface area is 160 Å². The number of benzene rings is 2. The number of carbonyl (C=O) groups is 2. The van der Waals surface area contributed by atoms with Crippen LogP contribution in [0.5, 0.6) is 0 Å². The van der Waals surface area contributed by atoms with Crippen molar-refractivity contribution < 1.29 is 14.5 Å². The summed E-state index contributed by atoms with van der Waals surface area (Å²) in [5.74, 6) is -0.860. The maximum atomic E-state index is 13.0. The molecule has 0 saturated heterocycles. The number of hydrogen-bond donors (Lipinski definition) is 1. The molecular weight excluding hydrogens is 362 g/mol. The Hall–Kier alpha value is -4.01. The van der Waals surface area contributed by atoms with Gasteiger partial charge in [0.2, 0.25) is 5.91 Å². The molecule has 0 aliphatic heterocycles. The largest absolute Gasteiger partial charge is 0.366 e. The SMILES string of the molecule is CN(C(=O)c1cn(C)nc1-c1ccc([N+](=O)[O-])cc1)c1ccc(C(N)=O)cc1. The number of nitro benzene ring substituents is 1. The zero-order valence-electron chi connectivity index (χ0n) is 15.2. The molecule has 0 atom stereocenters. The first kappa shape index (κ1) is 18.8. The molecule has 0 bridgehead atoms. The molecule has 0 saturated carbocycles. The lowest BCUT2D eigenvalue weighted by Gasteiger charge is -2.17. The third kappa shape index (κ3) is 3.58. The van der Waals surface area contributed by atoms with Crippen molar-refractivity contribution >= 4 is 23.2 Å². The maximum absolute atomic E-state index is 13.0. The third-order valence-electron chi connectivity index (χ3n) is 4.25. The van der Waals surface area contributed by atoms with Crippen LogP contribution in [0.25, 0.3) is 11.3 Å². The van der Waals surface area contributed by atoms with Gasteiger partial charge in [0.1, 0.15) is 5.69 Å². The van der Waals surface area contributed by atoms with Crippen molar-refractivity contribution in [2.75, 3.05) is 11.9 Å². The molecule has 3 rings (SSSR count). The van der Waals surface area contributed by atoms with E-state index < -0.39 is 10.8 Å². The molecule has 0 unspecified atom stereocenters. The monoisotopic (exact) mass is 379 g/mol. The highest BCUT2D eigenvalue weighted by Crippen LogP contribution is 2.26. The molecule has 0 fully saturated rings. The van der Waals surface area contributed by atoms with Crippen LogP contribution < -0.4 is 10.6 Å². The number of non-ortho nitro benzene ring substituents is 1. The molecule has 9 heteroatoms. The van der Waals surface area contributed by atoms with Gasteiger partial charge in [-0.05, 0) is 36.4 Å². The number of aryl methyl sites for hydroxylation is 1. The first-order valence-corrected chi connectivity index (χ1v) is 8.24. The van der Waals surface area contributed by atoms with Crippen LogP contribution in [0.1, 0.15) is 20.7 Å². The number of nitro groups is 1. The molecule has 0 aliphatic carbocycles. The predicted octanol–water partition coefficient (Wildman–Crippen LogP) is 2.37. The van der Waals surface area contributed by atoms with Crippen LogP contribution >= 0.6 is 0 Å². The van der Waals surface area contributed by atoms with E-state index in [9.17, 15) is 19.7 Å². The quantitative estimate of drug-likeness (QED) is 0.538. The summed E-state index contributed by atoms with van der Waals surface area (Å²) in [7, 11) is 3.29. The molecular formula is C19H17N5O4. The summed E-state index contributed by atoms with van der Waals surface area (Å²) in [5.41, 5.74) is 7.47. The molecule has 1 heterocycles. The molecule has 3 aromatic rings. The summed E-state index contributed by atoms with van der Waals surface area (Å²) >= 11 is 0. The molecule has 2 amide bonds. The molecule has 9 nitrogen and oxygen atoms in total. The summed E-state index contributed by atoms with van der Waals surface area (Å²) in [4.78, 5) is 36.0. The van der Waals surface area contributed by atoms with Crippen molar-refractivity contribution in [2.45, 2.75) is 0 Å². The molecule has 0 spiro atoms. The van der Waals surface area contributed by atoms with E-state index in [2.05, 4.69) is 5.10 Å². The van der Waals surface area contributed by atoms with Gasteiger partial charge in [0, 0.05) is 49.2 Å².